The fourth-order valence-electron chi connectivity index (χ4n) is 1.25. The number of aromatic nitrogens is 2. The van der Waals surface area contributed by atoms with E-state index in [1.165, 1.54) is 0 Å². The highest BCUT2D eigenvalue weighted by Crippen LogP contribution is 2.15. The third-order valence-electron chi connectivity index (χ3n) is 1.94. The molecule has 6 heteroatoms. The first-order chi connectivity index (χ1) is 10.5. The molecule has 0 bridgehead atoms. The Morgan fingerprint density at radius 1 is 1.36 bits per heavy atom. The maximum atomic E-state index is 11.7. The van der Waals surface area contributed by atoms with Gasteiger partial charge in [0.1, 0.15) is 5.69 Å². The molecule has 0 saturated carbocycles. The van der Waals surface area contributed by atoms with Crippen molar-refractivity contribution in [1.29, 1.82) is 0 Å². The predicted molar refractivity (Wildman–Crippen MR) is 95.4 cm³/mol. The summed E-state index contributed by atoms with van der Waals surface area (Å²) in [5.74, 6) is -1.20. The Bertz CT molecular complexity index is 602. The number of carboxylic acids is 1. The number of aromatic amines is 1. The van der Waals surface area contributed by atoms with Gasteiger partial charge in [-0.3, -0.25) is 4.79 Å². The molecule has 0 aliphatic rings. The smallest absolute Gasteiger partial charge is 0.356 e. The van der Waals surface area contributed by atoms with Crippen molar-refractivity contribution in [3.05, 3.63) is 57.2 Å². The van der Waals surface area contributed by atoms with Crippen LogP contribution < -0.4 is 5.56 Å². The number of nitrogens with zero attached hydrogens (tertiary/aromatic N) is 1. The lowest BCUT2D eigenvalue weighted by Crippen LogP contribution is -2.17. The summed E-state index contributed by atoms with van der Waals surface area (Å²) in [5, 5.41) is 8.84. The maximum absolute atomic E-state index is 11.7. The van der Waals surface area contributed by atoms with E-state index in [0.717, 1.165) is 6.20 Å². The van der Waals surface area contributed by atoms with Gasteiger partial charge in [-0.1, -0.05) is 62.4 Å². The van der Waals surface area contributed by atoms with Gasteiger partial charge in [-0.05, 0) is 13.0 Å². The van der Waals surface area contributed by atoms with E-state index in [4.69, 9.17) is 5.11 Å². The largest absolute Gasteiger partial charge is 0.476 e. The number of carboxylic acid groups (broad SMARTS) is 1. The second-order valence-electron chi connectivity index (χ2n) is 3.32. The third-order valence-corrected chi connectivity index (χ3v) is 2.17. The molecule has 0 radical (unpaired) electrons. The minimum atomic E-state index is -1.20. The van der Waals surface area contributed by atoms with Gasteiger partial charge in [-0.15, -0.1) is 0 Å². The zero-order valence-electron chi connectivity index (χ0n) is 13.6. The van der Waals surface area contributed by atoms with E-state index in [1.807, 2.05) is 27.7 Å². The molecule has 0 aliphatic heterocycles. The first-order valence-corrected chi connectivity index (χ1v) is 7.77. The van der Waals surface area contributed by atoms with Gasteiger partial charge >= 0.3 is 5.97 Å². The number of H-pyrrole nitrogens is 1. The van der Waals surface area contributed by atoms with Crippen LogP contribution in [0, 0.1) is 0 Å². The van der Waals surface area contributed by atoms with Crippen molar-refractivity contribution in [3.63, 3.8) is 0 Å². The second-order valence-corrected chi connectivity index (χ2v) is 4.33. The molecule has 22 heavy (non-hydrogen) atoms. The minimum absolute atomic E-state index is 0.0357. The van der Waals surface area contributed by atoms with Crippen LogP contribution in [0.1, 0.15) is 50.8 Å². The van der Waals surface area contributed by atoms with Crippen LogP contribution >= 0.6 is 15.9 Å². The Labute approximate surface area is 139 Å². The molecule has 0 atom stereocenters. The molecule has 1 aromatic heterocycles. The average Bonchev–Trinajstić information content (AvgIpc) is 2.50. The average molecular weight is 371 g/mol. The lowest BCUT2D eigenvalue weighted by Gasteiger charge is -2.02. The van der Waals surface area contributed by atoms with E-state index >= 15 is 0 Å². The number of halogens is 1. The van der Waals surface area contributed by atoms with E-state index in [1.54, 1.807) is 25.2 Å². The molecule has 0 saturated heterocycles. The van der Waals surface area contributed by atoms with E-state index in [0.29, 0.717) is 10.1 Å². The summed E-state index contributed by atoms with van der Waals surface area (Å²) in [5.41, 5.74) is -0.171. The quantitative estimate of drug-likeness (QED) is 0.769. The highest BCUT2D eigenvalue weighted by Gasteiger charge is 2.11. The van der Waals surface area contributed by atoms with Crippen molar-refractivity contribution in [2.24, 2.45) is 0 Å². The van der Waals surface area contributed by atoms with Gasteiger partial charge in [0.15, 0.2) is 5.69 Å². The van der Waals surface area contributed by atoms with Gasteiger partial charge in [0, 0.05) is 16.3 Å². The van der Waals surface area contributed by atoms with Crippen LogP contribution in [0.25, 0.3) is 5.57 Å². The van der Waals surface area contributed by atoms with Crippen LogP contribution in [0.5, 0.6) is 0 Å². The molecule has 0 amide bonds. The number of nitrogens with one attached hydrogen (secondary N) is 1. The molecule has 0 spiro atoms. The zero-order chi connectivity index (χ0) is 17.7. The standard InChI is InChI=1S/C12H11BrN2O3.2C2H6/c1-3-4-8(5-7(2)13)10-11(16)14-6-9(15-10)12(17)18;2*1-2/h3-6H,2H2,1H3,(H,14,16)(H,17,18);2*1-2H3/b4-3-,8-5+;;. The van der Waals surface area contributed by atoms with E-state index in [-0.39, 0.29) is 11.4 Å². The summed E-state index contributed by atoms with van der Waals surface area (Å²) in [6, 6.07) is 0. The molecule has 122 valence electrons. The Kier molecular flexibility index (Phi) is 13.0. The summed E-state index contributed by atoms with van der Waals surface area (Å²) < 4.78 is 0.553. The van der Waals surface area contributed by atoms with Gasteiger partial charge in [0.25, 0.3) is 5.56 Å². The minimum Gasteiger partial charge on any atom is -0.476 e. The van der Waals surface area contributed by atoms with Crippen molar-refractivity contribution in [3.8, 4) is 0 Å². The van der Waals surface area contributed by atoms with Crippen molar-refractivity contribution in [1.82, 2.24) is 9.97 Å². The monoisotopic (exact) mass is 370 g/mol. The van der Waals surface area contributed by atoms with Gasteiger partial charge in [0.2, 0.25) is 0 Å². The van der Waals surface area contributed by atoms with Gasteiger partial charge < -0.3 is 10.1 Å². The van der Waals surface area contributed by atoms with Crippen molar-refractivity contribution < 1.29 is 9.90 Å². The number of allylic oxidation sites excluding steroid dienone is 5. The molecule has 1 rings (SSSR count). The molecule has 0 aliphatic carbocycles. The SMILES string of the molecule is C=C(Br)/C=C(\C=C/C)c1nc(C(=O)O)c[nH]c1=O.CC.CC. The van der Waals surface area contributed by atoms with Crippen molar-refractivity contribution in [2.75, 3.05) is 0 Å². The van der Waals surface area contributed by atoms with Crippen molar-refractivity contribution >= 4 is 27.5 Å². The summed E-state index contributed by atoms with van der Waals surface area (Å²) in [6.07, 6.45) is 6.01. The fraction of sp³-hybridized carbons (Fsp3) is 0.312. The van der Waals surface area contributed by atoms with E-state index < -0.39 is 11.5 Å². The Balaban J connectivity index is 0. The summed E-state index contributed by atoms with van der Waals surface area (Å²) in [6.45, 7) is 13.4. The topological polar surface area (TPSA) is 83.0 Å². The van der Waals surface area contributed by atoms with Gasteiger partial charge in [0.05, 0.1) is 0 Å². The van der Waals surface area contributed by atoms with Crippen LogP contribution in [0.2, 0.25) is 0 Å². The van der Waals surface area contributed by atoms with Crippen molar-refractivity contribution in [2.45, 2.75) is 34.6 Å². The van der Waals surface area contributed by atoms with Crippen LogP contribution in [-0.4, -0.2) is 21.0 Å². The van der Waals surface area contributed by atoms with Crippen LogP contribution in [0.4, 0.5) is 0 Å². The lowest BCUT2D eigenvalue weighted by atomic mass is 10.1. The summed E-state index contributed by atoms with van der Waals surface area (Å²) >= 11 is 3.15. The fourth-order valence-corrected chi connectivity index (χ4v) is 1.50. The lowest BCUT2D eigenvalue weighted by molar-refractivity contribution is 0.0690. The number of hydrogen-bond acceptors (Lipinski definition) is 3. The molecular weight excluding hydrogens is 348 g/mol. The van der Waals surface area contributed by atoms with Gasteiger partial charge in [-0.25, -0.2) is 9.78 Å². The van der Waals surface area contributed by atoms with Crippen LogP contribution in [-0.2, 0) is 0 Å². The number of aromatic carboxylic acids is 1. The molecule has 5 nitrogen and oxygen atoms in total. The molecule has 0 fully saturated rings. The highest BCUT2D eigenvalue weighted by molar-refractivity contribution is 9.11. The summed E-state index contributed by atoms with van der Waals surface area (Å²) in [7, 11) is 0. The molecule has 0 aromatic carbocycles. The third kappa shape index (κ3) is 7.73. The molecule has 1 aromatic rings. The Morgan fingerprint density at radius 3 is 2.32 bits per heavy atom. The van der Waals surface area contributed by atoms with Crippen LogP contribution in [0.3, 0.4) is 0 Å². The Morgan fingerprint density at radius 2 is 1.91 bits per heavy atom. The molecule has 2 N–H and O–H groups in total. The highest BCUT2D eigenvalue weighted by atomic mass is 79.9. The first-order valence-electron chi connectivity index (χ1n) is 6.98. The summed E-state index contributed by atoms with van der Waals surface area (Å²) in [4.78, 5) is 28.6. The predicted octanol–water partition coefficient (Wildman–Crippen LogP) is 4.39. The van der Waals surface area contributed by atoms with E-state index in [9.17, 15) is 9.59 Å². The Hall–Kier alpha value is -1.95. The van der Waals surface area contributed by atoms with Gasteiger partial charge in [-0.2, -0.15) is 0 Å². The maximum Gasteiger partial charge on any atom is 0.356 e. The normalized spacial score (nSPS) is 10.2. The van der Waals surface area contributed by atoms with E-state index in [2.05, 4.69) is 32.5 Å². The van der Waals surface area contributed by atoms with Crippen LogP contribution in [0.15, 0.2) is 40.3 Å². The molecule has 1 heterocycles. The number of hydrogen-bond donors (Lipinski definition) is 2. The molecule has 0 unspecified atom stereocenters. The number of rotatable bonds is 4. The first kappa shape index (κ1) is 22.3. The second kappa shape index (κ2) is 12.8. The molecular formula is C16H23BrN2O3. The zero-order valence-corrected chi connectivity index (χ0v) is 15.2. The number of carbonyl (C=O) groups is 1.